The molecule has 2 aromatic carbocycles. The fourth-order valence-corrected chi connectivity index (χ4v) is 5.58. The van der Waals surface area contributed by atoms with Gasteiger partial charge in [-0.25, -0.2) is 0 Å². The van der Waals surface area contributed by atoms with Gasteiger partial charge < -0.3 is 10.1 Å². The Kier molecular flexibility index (Phi) is 11.5. The van der Waals surface area contributed by atoms with E-state index in [0.29, 0.717) is 18.8 Å². The van der Waals surface area contributed by atoms with Gasteiger partial charge in [0, 0.05) is 17.8 Å². The summed E-state index contributed by atoms with van der Waals surface area (Å²) < 4.78 is 5.53. The van der Waals surface area contributed by atoms with Gasteiger partial charge in [0.15, 0.2) is 0 Å². The number of hydrogen-bond acceptors (Lipinski definition) is 4. The van der Waals surface area contributed by atoms with E-state index in [1.165, 1.54) is 44.9 Å². The summed E-state index contributed by atoms with van der Waals surface area (Å²) in [7, 11) is 0. The second kappa shape index (κ2) is 14.8. The SMILES string of the molecule is CCCCCCCCCCCC(=O)Nc1cccc(C2SCC(=O)N2c2ccc(OCC)cc2)c1. The van der Waals surface area contributed by atoms with Gasteiger partial charge in [0.2, 0.25) is 11.8 Å². The molecule has 1 aliphatic rings. The zero-order valence-electron chi connectivity index (χ0n) is 21.3. The van der Waals surface area contributed by atoms with Crippen molar-refractivity contribution in [3.8, 4) is 5.75 Å². The van der Waals surface area contributed by atoms with Crippen LogP contribution < -0.4 is 15.0 Å². The number of carbonyl (C=O) groups is 2. The van der Waals surface area contributed by atoms with E-state index >= 15 is 0 Å². The van der Waals surface area contributed by atoms with E-state index in [0.717, 1.165) is 35.5 Å². The second-order valence-corrected chi connectivity index (χ2v) is 10.2. The number of anilines is 2. The topological polar surface area (TPSA) is 58.6 Å². The molecule has 1 atom stereocenters. The molecular formula is C29H40N2O3S. The summed E-state index contributed by atoms with van der Waals surface area (Å²) in [6.45, 7) is 4.80. The Hall–Kier alpha value is -2.47. The lowest BCUT2D eigenvalue weighted by molar-refractivity contribution is -0.117. The number of nitrogens with zero attached hydrogens (tertiary/aromatic N) is 1. The number of hydrogen-bond donors (Lipinski definition) is 1. The van der Waals surface area contributed by atoms with Crippen LogP contribution in [-0.2, 0) is 9.59 Å². The van der Waals surface area contributed by atoms with Crippen molar-refractivity contribution in [3.63, 3.8) is 0 Å². The van der Waals surface area contributed by atoms with Crippen molar-refractivity contribution in [3.05, 3.63) is 54.1 Å². The molecule has 1 N–H and O–H groups in total. The predicted octanol–water partition coefficient (Wildman–Crippen LogP) is 7.72. The minimum Gasteiger partial charge on any atom is -0.494 e. The molecule has 0 aromatic heterocycles. The molecule has 0 radical (unpaired) electrons. The molecule has 1 aliphatic heterocycles. The summed E-state index contributed by atoms with van der Waals surface area (Å²) in [5, 5.41) is 2.93. The molecule has 0 aliphatic carbocycles. The first kappa shape index (κ1) is 27.1. The standard InChI is InChI=1S/C29H40N2O3S/c1-3-5-6-7-8-9-10-11-12-16-27(32)30-24-15-13-14-23(21-24)29-31(28(33)22-35-29)25-17-19-26(20-18-25)34-4-2/h13-15,17-21,29H,3-12,16,22H2,1-2H3,(H,30,32). The summed E-state index contributed by atoms with van der Waals surface area (Å²) >= 11 is 1.61. The molecule has 0 saturated carbocycles. The summed E-state index contributed by atoms with van der Waals surface area (Å²) in [5.74, 6) is 1.38. The van der Waals surface area contributed by atoms with Crippen molar-refractivity contribution in [1.82, 2.24) is 0 Å². The van der Waals surface area contributed by atoms with E-state index < -0.39 is 0 Å². The molecule has 1 unspecified atom stereocenters. The molecule has 0 bridgehead atoms. The van der Waals surface area contributed by atoms with Crippen molar-refractivity contribution in [2.45, 2.75) is 83.4 Å². The van der Waals surface area contributed by atoms with Crippen LogP contribution in [0.1, 0.15) is 89.0 Å². The van der Waals surface area contributed by atoms with Gasteiger partial charge in [0.1, 0.15) is 11.1 Å². The molecule has 2 aromatic rings. The highest BCUT2D eigenvalue weighted by atomic mass is 32.2. The molecular weight excluding hydrogens is 456 g/mol. The Labute approximate surface area is 215 Å². The lowest BCUT2D eigenvalue weighted by Gasteiger charge is -2.25. The van der Waals surface area contributed by atoms with E-state index in [1.54, 1.807) is 11.8 Å². The van der Waals surface area contributed by atoms with Gasteiger partial charge in [-0.05, 0) is 55.3 Å². The predicted molar refractivity (Wildman–Crippen MR) is 147 cm³/mol. The third kappa shape index (κ3) is 8.60. The van der Waals surface area contributed by atoms with E-state index in [-0.39, 0.29) is 17.2 Å². The summed E-state index contributed by atoms with van der Waals surface area (Å²) in [6, 6.07) is 15.5. The van der Waals surface area contributed by atoms with Crippen LogP contribution in [0.25, 0.3) is 0 Å². The summed E-state index contributed by atoms with van der Waals surface area (Å²) in [5.41, 5.74) is 2.65. The number of carbonyl (C=O) groups excluding carboxylic acids is 2. The zero-order valence-corrected chi connectivity index (χ0v) is 22.1. The van der Waals surface area contributed by atoms with Crippen molar-refractivity contribution in [2.24, 2.45) is 0 Å². The molecule has 1 fully saturated rings. The van der Waals surface area contributed by atoms with Gasteiger partial charge in [-0.15, -0.1) is 11.8 Å². The van der Waals surface area contributed by atoms with E-state index in [9.17, 15) is 9.59 Å². The largest absolute Gasteiger partial charge is 0.494 e. The second-order valence-electron chi connectivity index (χ2n) is 9.11. The molecule has 1 saturated heterocycles. The number of benzene rings is 2. The Morgan fingerprint density at radius 2 is 1.66 bits per heavy atom. The Balaban J connectivity index is 1.49. The highest BCUT2D eigenvalue weighted by molar-refractivity contribution is 8.00. The monoisotopic (exact) mass is 496 g/mol. The highest BCUT2D eigenvalue weighted by Crippen LogP contribution is 2.42. The van der Waals surface area contributed by atoms with E-state index in [2.05, 4.69) is 12.2 Å². The van der Waals surface area contributed by atoms with Gasteiger partial charge in [0.25, 0.3) is 0 Å². The lowest BCUT2D eigenvalue weighted by atomic mass is 10.1. The Morgan fingerprint density at radius 1 is 0.971 bits per heavy atom. The number of thioether (sulfide) groups is 1. The van der Waals surface area contributed by atoms with Crippen LogP contribution in [0.5, 0.6) is 5.75 Å². The van der Waals surface area contributed by atoms with Crippen LogP contribution >= 0.6 is 11.8 Å². The first-order chi connectivity index (χ1) is 17.1. The maximum Gasteiger partial charge on any atom is 0.238 e. The van der Waals surface area contributed by atoms with Gasteiger partial charge in [-0.2, -0.15) is 0 Å². The van der Waals surface area contributed by atoms with Crippen molar-refractivity contribution < 1.29 is 14.3 Å². The van der Waals surface area contributed by atoms with Gasteiger partial charge in [0.05, 0.1) is 12.4 Å². The number of ether oxygens (including phenoxy) is 1. The third-order valence-electron chi connectivity index (χ3n) is 6.26. The molecule has 5 nitrogen and oxygen atoms in total. The average molecular weight is 497 g/mol. The van der Waals surface area contributed by atoms with Crippen LogP contribution in [0.15, 0.2) is 48.5 Å². The van der Waals surface area contributed by atoms with E-state index in [4.69, 9.17) is 4.74 Å². The van der Waals surface area contributed by atoms with E-state index in [1.807, 2.05) is 60.4 Å². The fraction of sp³-hybridized carbons (Fsp3) is 0.517. The normalized spacial score (nSPS) is 15.4. The van der Waals surface area contributed by atoms with Crippen LogP contribution in [0.3, 0.4) is 0 Å². The lowest BCUT2D eigenvalue weighted by Crippen LogP contribution is -2.27. The molecule has 1 heterocycles. The number of amides is 2. The average Bonchev–Trinajstić information content (AvgIpc) is 3.25. The van der Waals surface area contributed by atoms with Gasteiger partial charge in [-0.3, -0.25) is 14.5 Å². The molecule has 3 rings (SSSR count). The minimum absolute atomic E-state index is 0.0589. The first-order valence-electron chi connectivity index (χ1n) is 13.2. The van der Waals surface area contributed by atoms with Crippen molar-refractivity contribution >= 4 is 35.0 Å². The molecule has 190 valence electrons. The Bertz CT molecular complexity index is 932. The maximum atomic E-state index is 12.7. The molecule has 2 amide bonds. The fourth-order valence-electron chi connectivity index (χ4n) is 4.41. The van der Waals surface area contributed by atoms with Crippen LogP contribution in [0.2, 0.25) is 0 Å². The third-order valence-corrected chi connectivity index (χ3v) is 7.47. The summed E-state index contributed by atoms with van der Waals surface area (Å²) in [4.78, 5) is 27.0. The molecule has 35 heavy (non-hydrogen) atoms. The number of nitrogens with one attached hydrogen (secondary N) is 1. The molecule has 0 spiro atoms. The van der Waals surface area contributed by atoms with Crippen molar-refractivity contribution in [2.75, 3.05) is 22.6 Å². The number of unbranched alkanes of at least 4 members (excludes halogenated alkanes) is 8. The van der Waals surface area contributed by atoms with Crippen LogP contribution in [-0.4, -0.2) is 24.2 Å². The first-order valence-corrected chi connectivity index (χ1v) is 14.2. The van der Waals surface area contributed by atoms with Crippen LogP contribution in [0.4, 0.5) is 11.4 Å². The highest BCUT2D eigenvalue weighted by Gasteiger charge is 2.34. The van der Waals surface area contributed by atoms with Crippen LogP contribution in [0, 0.1) is 0 Å². The minimum atomic E-state index is -0.116. The maximum absolute atomic E-state index is 12.7. The number of rotatable bonds is 15. The molecule has 6 heteroatoms. The zero-order chi connectivity index (χ0) is 24.9. The Morgan fingerprint density at radius 3 is 2.34 bits per heavy atom. The quantitative estimate of drug-likeness (QED) is 0.256. The van der Waals surface area contributed by atoms with Gasteiger partial charge in [-0.1, -0.05) is 70.4 Å². The summed E-state index contributed by atoms with van der Waals surface area (Å²) in [6.07, 6.45) is 11.7. The van der Waals surface area contributed by atoms with Crippen molar-refractivity contribution in [1.29, 1.82) is 0 Å². The smallest absolute Gasteiger partial charge is 0.238 e. The van der Waals surface area contributed by atoms with Gasteiger partial charge >= 0.3 is 0 Å².